The summed E-state index contributed by atoms with van der Waals surface area (Å²) < 4.78 is 0. The number of rotatable bonds is 6. The Morgan fingerprint density at radius 3 is 2.77 bits per heavy atom. The molecule has 1 N–H and O–H groups in total. The zero-order valence-electron chi connectivity index (χ0n) is 15.0. The smallest absolute Gasteiger partial charge is 0.244 e. The van der Waals surface area contributed by atoms with Gasteiger partial charge in [0, 0.05) is 18.3 Å². The SMILES string of the molecule is CC1Cc2ccccc2N1c1cnnc(NCCCc2ccccc2)n1. The van der Waals surface area contributed by atoms with Gasteiger partial charge < -0.3 is 10.2 Å². The van der Waals surface area contributed by atoms with Crippen LogP contribution < -0.4 is 10.2 Å². The molecule has 1 unspecified atom stereocenters. The standard InChI is InChI=1S/C21H23N5/c1-16-14-18-11-5-6-12-19(18)26(16)20-15-23-25-21(24-20)22-13-7-10-17-8-3-2-4-9-17/h2-6,8-9,11-12,15-16H,7,10,13-14H2,1H3,(H,22,24,25). The van der Waals surface area contributed by atoms with Gasteiger partial charge in [0.25, 0.3) is 0 Å². The van der Waals surface area contributed by atoms with E-state index in [1.165, 1.54) is 16.8 Å². The van der Waals surface area contributed by atoms with Crippen molar-refractivity contribution in [2.45, 2.75) is 32.2 Å². The lowest BCUT2D eigenvalue weighted by Crippen LogP contribution is -2.25. The highest BCUT2D eigenvalue weighted by atomic mass is 15.3. The molecule has 5 heteroatoms. The Morgan fingerprint density at radius 1 is 1.08 bits per heavy atom. The number of benzene rings is 2. The van der Waals surface area contributed by atoms with Gasteiger partial charge >= 0.3 is 0 Å². The van der Waals surface area contributed by atoms with Gasteiger partial charge in [-0.2, -0.15) is 10.1 Å². The van der Waals surface area contributed by atoms with Gasteiger partial charge in [0.15, 0.2) is 5.82 Å². The van der Waals surface area contributed by atoms with Crippen LogP contribution in [0.3, 0.4) is 0 Å². The summed E-state index contributed by atoms with van der Waals surface area (Å²) in [5.74, 6) is 1.44. The molecule has 1 aliphatic heterocycles. The molecule has 0 amide bonds. The van der Waals surface area contributed by atoms with Crippen LogP contribution in [0.25, 0.3) is 0 Å². The number of anilines is 3. The Bertz CT molecular complexity index is 865. The second-order valence-electron chi connectivity index (χ2n) is 6.71. The van der Waals surface area contributed by atoms with Gasteiger partial charge in [-0.1, -0.05) is 48.5 Å². The Labute approximate surface area is 154 Å². The maximum absolute atomic E-state index is 4.69. The van der Waals surface area contributed by atoms with Crippen molar-refractivity contribution < 1.29 is 0 Å². The first-order valence-corrected chi connectivity index (χ1v) is 9.16. The maximum atomic E-state index is 4.69. The van der Waals surface area contributed by atoms with E-state index >= 15 is 0 Å². The lowest BCUT2D eigenvalue weighted by atomic mass is 10.1. The van der Waals surface area contributed by atoms with Crippen LogP contribution in [-0.4, -0.2) is 27.8 Å². The van der Waals surface area contributed by atoms with Crippen LogP contribution in [0, 0.1) is 0 Å². The van der Waals surface area contributed by atoms with Gasteiger partial charge in [0.1, 0.15) is 0 Å². The third-order valence-corrected chi connectivity index (χ3v) is 4.77. The second kappa shape index (κ2) is 7.52. The minimum Gasteiger partial charge on any atom is -0.353 e. The van der Waals surface area contributed by atoms with Crippen molar-refractivity contribution in [3.8, 4) is 0 Å². The minimum atomic E-state index is 0.370. The van der Waals surface area contributed by atoms with Crippen LogP contribution in [-0.2, 0) is 12.8 Å². The topological polar surface area (TPSA) is 53.9 Å². The molecule has 0 saturated heterocycles. The van der Waals surface area contributed by atoms with Crippen molar-refractivity contribution in [1.82, 2.24) is 15.2 Å². The molecular weight excluding hydrogens is 322 g/mol. The molecule has 3 aromatic rings. The number of fused-ring (bicyclic) bond motifs is 1. The summed E-state index contributed by atoms with van der Waals surface area (Å²) in [5.41, 5.74) is 3.93. The number of nitrogens with one attached hydrogen (secondary N) is 1. The highest BCUT2D eigenvalue weighted by Gasteiger charge is 2.28. The molecule has 0 radical (unpaired) electrons. The number of aryl methyl sites for hydroxylation is 1. The number of para-hydroxylation sites is 1. The first kappa shape index (κ1) is 16.5. The Hall–Kier alpha value is -2.95. The van der Waals surface area contributed by atoms with Crippen molar-refractivity contribution in [1.29, 1.82) is 0 Å². The average Bonchev–Trinajstić information content (AvgIpc) is 3.02. The molecule has 5 nitrogen and oxygen atoms in total. The molecule has 1 aliphatic rings. The van der Waals surface area contributed by atoms with Crippen LogP contribution in [0.2, 0.25) is 0 Å². The lowest BCUT2D eigenvalue weighted by molar-refractivity contribution is 0.743. The lowest BCUT2D eigenvalue weighted by Gasteiger charge is -2.23. The fraction of sp³-hybridized carbons (Fsp3) is 0.286. The van der Waals surface area contributed by atoms with E-state index in [1.54, 1.807) is 6.20 Å². The zero-order valence-corrected chi connectivity index (χ0v) is 15.0. The van der Waals surface area contributed by atoms with Crippen molar-refractivity contribution in [2.24, 2.45) is 0 Å². The predicted molar refractivity (Wildman–Crippen MR) is 105 cm³/mol. The molecule has 4 rings (SSSR count). The summed E-state index contributed by atoms with van der Waals surface area (Å²) in [5, 5.41) is 11.6. The Morgan fingerprint density at radius 2 is 1.88 bits per heavy atom. The summed E-state index contributed by atoms with van der Waals surface area (Å²) in [4.78, 5) is 6.94. The highest BCUT2D eigenvalue weighted by molar-refractivity contribution is 5.68. The highest BCUT2D eigenvalue weighted by Crippen LogP contribution is 2.36. The fourth-order valence-corrected chi connectivity index (χ4v) is 3.54. The largest absolute Gasteiger partial charge is 0.353 e. The van der Waals surface area contributed by atoms with Gasteiger partial charge in [-0.25, -0.2) is 0 Å². The number of hydrogen-bond donors (Lipinski definition) is 1. The van der Waals surface area contributed by atoms with Crippen molar-refractivity contribution in [3.63, 3.8) is 0 Å². The van der Waals surface area contributed by atoms with Gasteiger partial charge in [-0.3, -0.25) is 0 Å². The molecule has 26 heavy (non-hydrogen) atoms. The summed E-state index contributed by atoms with van der Waals surface area (Å²) in [7, 11) is 0. The van der Waals surface area contributed by atoms with Crippen molar-refractivity contribution in [3.05, 3.63) is 71.9 Å². The first-order chi connectivity index (χ1) is 12.8. The van der Waals surface area contributed by atoms with E-state index in [9.17, 15) is 0 Å². The normalized spacial score (nSPS) is 15.7. The molecule has 2 aromatic carbocycles. The first-order valence-electron chi connectivity index (χ1n) is 9.16. The zero-order chi connectivity index (χ0) is 17.8. The van der Waals surface area contributed by atoms with E-state index in [2.05, 4.69) is 80.9 Å². The number of nitrogens with zero attached hydrogens (tertiary/aromatic N) is 4. The molecule has 0 fully saturated rings. The van der Waals surface area contributed by atoms with E-state index in [0.29, 0.717) is 12.0 Å². The van der Waals surface area contributed by atoms with E-state index < -0.39 is 0 Å². The third-order valence-electron chi connectivity index (χ3n) is 4.77. The minimum absolute atomic E-state index is 0.370. The van der Waals surface area contributed by atoms with Crippen LogP contribution >= 0.6 is 0 Å². The quantitative estimate of drug-likeness (QED) is 0.684. The monoisotopic (exact) mass is 345 g/mol. The molecule has 0 saturated carbocycles. The van der Waals surface area contributed by atoms with E-state index in [0.717, 1.165) is 31.6 Å². The van der Waals surface area contributed by atoms with Gasteiger partial charge in [-0.15, -0.1) is 5.10 Å². The van der Waals surface area contributed by atoms with Gasteiger partial charge in [-0.05, 0) is 43.4 Å². The van der Waals surface area contributed by atoms with E-state index in [-0.39, 0.29) is 0 Å². The third kappa shape index (κ3) is 3.52. The summed E-state index contributed by atoms with van der Waals surface area (Å²) in [6, 6.07) is 19.4. The van der Waals surface area contributed by atoms with Gasteiger partial charge in [0.2, 0.25) is 5.95 Å². The molecule has 2 heterocycles. The Balaban J connectivity index is 1.41. The molecule has 1 atom stereocenters. The van der Waals surface area contributed by atoms with Crippen molar-refractivity contribution in [2.75, 3.05) is 16.8 Å². The number of aromatic nitrogens is 3. The summed E-state index contributed by atoms with van der Waals surface area (Å²) in [6.07, 6.45) is 4.84. The molecule has 1 aromatic heterocycles. The maximum Gasteiger partial charge on any atom is 0.244 e. The summed E-state index contributed by atoms with van der Waals surface area (Å²) in [6.45, 7) is 3.04. The van der Waals surface area contributed by atoms with Crippen LogP contribution in [0.1, 0.15) is 24.5 Å². The van der Waals surface area contributed by atoms with Crippen LogP contribution in [0.15, 0.2) is 60.8 Å². The molecule has 0 spiro atoms. The van der Waals surface area contributed by atoms with E-state index in [4.69, 9.17) is 0 Å². The van der Waals surface area contributed by atoms with Crippen molar-refractivity contribution >= 4 is 17.5 Å². The second-order valence-corrected chi connectivity index (χ2v) is 6.71. The molecule has 132 valence electrons. The van der Waals surface area contributed by atoms with E-state index in [1.807, 2.05) is 6.07 Å². The average molecular weight is 345 g/mol. The Kier molecular flexibility index (Phi) is 4.78. The molecular formula is C21H23N5. The molecule has 0 bridgehead atoms. The van der Waals surface area contributed by atoms with Gasteiger partial charge in [0.05, 0.1) is 6.20 Å². The molecule has 0 aliphatic carbocycles. The van der Waals surface area contributed by atoms with Crippen LogP contribution in [0.5, 0.6) is 0 Å². The number of hydrogen-bond acceptors (Lipinski definition) is 5. The van der Waals surface area contributed by atoms with Crippen LogP contribution in [0.4, 0.5) is 17.5 Å². The summed E-state index contributed by atoms with van der Waals surface area (Å²) >= 11 is 0. The predicted octanol–water partition coefficient (Wildman–Crippen LogP) is 4.00. The fourth-order valence-electron chi connectivity index (χ4n) is 3.54.